The van der Waals surface area contributed by atoms with E-state index in [2.05, 4.69) is 0 Å². The molecule has 0 saturated heterocycles. The zero-order valence-corrected chi connectivity index (χ0v) is 13.0. The van der Waals surface area contributed by atoms with Crippen LogP contribution in [-0.4, -0.2) is 30.2 Å². The molecule has 0 bridgehead atoms. The Morgan fingerprint density at radius 3 is 2.35 bits per heavy atom. The van der Waals surface area contributed by atoms with Gasteiger partial charge in [0, 0.05) is 15.8 Å². The number of rotatable bonds is 7. The van der Waals surface area contributed by atoms with E-state index in [9.17, 15) is 13.2 Å². The molecule has 6 heteroatoms. The predicted molar refractivity (Wildman–Crippen MR) is 78.0 cm³/mol. The number of aryl methyl sites for hydroxylation is 1. The molecule has 0 amide bonds. The minimum absolute atomic E-state index is 0.290. The molecule has 0 aliphatic rings. The van der Waals surface area contributed by atoms with Gasteiger partial charge < -0.3 is 5.73 Å². The van der Waals surface area contributed by atoms with E-state index < -0.39 is 12.7 Å². The Morgan fingerprint density at radius 1 is 1.30 bits per heavy atom. The number of nitrogens with zero attached hydrogens (tertiary/aromatic N) is 1. The summed E-state index contributed by atoms with van der Waals surface area (Å²) < 4.78 is 38.4. The van der Waals surface area contributed by atoms with Crippen LogP contribution in [0.2, 0.25) is 0 Å². The molecule has 2 nitrogen and oxygen atoms in total. The van der Waals surface area contributed by atoms with E-state index >= 15 is 0 Å². The summed E-state index contributed by atoms with van der Waals surface area (Å²) in [6.07, 6.45) is -2.87. The number of alkyl halides is 3. The molecule has 2 N–H and O–H groups in total. The van der Waals surface area contributed by atoms with Gasteiger partial charge in [0.05, 0.1) is 12.6 Å². The lowest BCUT2D eigenvalue weighted by Gasteiger charge is -2.35. The highest BCUT2D eigenvalue weighted by Crippen LogP contribution is 2.33. The summed E-state index contributed by atoms with van der Waals surface area (Å²) in [4.78, 5) is 3.49. The fourth-order valence-electron chi connectivity index (χ4n) is 2.33. The number of hydrogen-bond donors (Lipinski definition) is 1. The van der Waals surface area contributed by atoms with Gasteiger partial charge in [-0.2, -0.15) is 13.2 Å². The molecule has 1 aromatic heterocycles. The number of nitrogens with two attached hydrogens (primary N) is 1. The van der Waals surface area contributed by atoms with Crippen LogP contribution >= 0.6 is 11.3 Å². The Kier molecular flexibility index (Phi) is 6.48. The first kappa shape index (κ1) is 17.5. The Bertz CT molecular complexity index is 403. The van der Waals surface area contributed by atoms with Crippen molar-refractivity contribution < 1.29 is 13.2 Å². The molecule has 1 aromatic rings. The van der Waals surface area contributed by atoms with Crippen molar-refractivity contribution in [2.45, 2.75) is 51.9 Å². The minimum Gasteiger partial charge on any atom is -0.326 e. The molecule has 0 saturated carbocycles. The van der Waals surface area contributed by atoms with Crippen molar-refractivity contribution in [3.63, 3.8) is 0 Å². The van der Waals surface area contributed by atoms with Crippen molar-refractivity contribution in [1.29, 1.82) is 0 Å². The van der Waals surface area contributed by atoms with Crippen molar-refractivity contribution >= 4 is 11.3 Å². The zero-order chi connectivity index (χ0) is 15.3. The van der Waals surface area contributed by atoms with Crippen LogP contribution < -0.4 is 5.73 Å². The van der Waals surface area contributed by atoms with Crippen molar-refractivity contribution in [3.05, 3.63) is 21.9 Å². The zero-order valence-electron chi connectivity index (χ0n) is 12.2. The highest BCUT2D eigenvalue weighted by Gasteiger charge is 2.36. The van der Waals surface area contributed by atoms with Gasteiger partial charge in [0.2, 0.25) is 0 Å². The van der Waals surface area contributed by atoms with Crippen LogP contribution in [0.4, 0.5) is 13.2 Å². The number of hydrogen-bond acceptors (Lipinski definition) is 3. The molecular formula is C14H23F3N2S. The monoisotopic (exact) mass is 308 g/mol. The second-order valence-corrected chi connectivity index (χ2v) is 6.37. The van der Waals surface area contributed by atoms with Crippen molar-refractivity contribution in [2.75, 3.05) is 13.1 Å². The van der Waals surface area contributed by atoms with E-state index in [1.54, 1.807) is 0 Å². The minimum atomic E-state index is -4.20. The molecule has 0 fully saturated rings. The van der Waals surface area contributed by atoms with Crippen LogP contribution in [-0.2, 0) is 0 Å². The average molecular weight is 308 g/mol. The van der Waals surface area contributed by atoms with Gasteiger partial charge in [-0.15, -0.1) is 11.3 Å². The second-order valence-electron chi connectivity index (χ2n) is 5.05. The highest BCUT2D eigenvalue weighted by atomic mass is 32.1. The van der Waals surface area contributed by atoms with Gasteiger partial charge in [-0.1, -0.05) is 13.8 Å². The molecule has 0 aliphatic carbocycles. The van der Waals surface area contributed by atoms with Crippen LogP contribution in [0.15, 0.2) is 12.1 Å². The quantitative estimate of drug-likeness (QED) is 0.821. The van der Waals surface area contributed by atoms with Crippen molar-refractivity contribution in [2.24, 2.45) is 5.73 Å². The first-order chi connectivity index (χ1) is 9.28. The lowest BCUT2D eigenvalue weighted by molar-refractivity contribution is -0.152. The largest absolute Gasteiger partial charge is 0.401 e. The van der Waals surface area contributed by atoms with Crippen molar-refractivity contribution in [1.82, 2.24) is 4.90 Å². The van der Waals surface area contributed by atoms with E-state index in [1.165, 1.54) is 16.2 Å². The summed E-state index contributed by atoms with van der Waals surface area (Å²) in [7, 11) is 0. The molecule has 0 radical (unpaired) electrons. The van der Waals surface area contributed by atoms with Crippen molar-refractivity contribution in [3.8, 4) is 0 Å². The van der Waals surface area contributed by atoms with Crippen LogP contribution in [0.25, 0.3) is 0 Å². The fourth-order valence-corrected chi connectivity index (χ4v) is 3.42. The topological polar surface area (TPSA) is 29.3 Å². The van der Waals surface area contributed by atoms with E-state index in [0.29, 0.717) is 19.4 Å². The lowest BCUT2D eigenvalue weighted by atomic mass is 10.0. The molecule has 20 heavy (non-hydrogen) atoms. The van der Waals surface area contributed by atoms with Crippen LogP contribution in [0.5, 0.6) is 0 Å². The number of thiophene rings is 1. The van der Waals surface area contributed by atoms with E-state index in [4.69, 9.17) is 5.73 Å². The summed E-state index contributed by atoms with van der Waals surface area (Å²) >= 11 is 1.53. The van der Waals surface area contributed by atoms with E-state index in [1.807, 2.05) is 32.9 Å². The normalized spacial score (nSPS) is 15.6. The average Bonchev–Trinajstić information content (AvgIpc) is 2.74. The molecule has 2 atom stereocenters. The Hall–Kier alpha value is -0.590. The second kappa shape index (κ2) is 7.43. The van der Waals surface area contributed by atoms with Gasteiger partial charge in [0.15, 0.2) is 0 Å². The third kappa shape index (κ3) is 5.07. The van der Waals surface area contributed by atoms with Gasteiger partial charge in [-0.25, -0.2) is 0 Å². The van der Waals surface area contributed by atoms with Crippen LogP contribution in [0, 0.1) is 6.92 Å². The Balaban J connectivity index is 3.04. The van der Waals surface area contributed by atoms with Gasteiger partial charge in [-0.3, -0.25) is 4.90 Å². The van der Waals surface area contributed by atoms with Gasteiger partial charge in [-0.05, 0) is 38.4 Å². The molecule has 1 heterocycles. The molecule has 116 valence electrons. The summed E-state index contributed by atoms with van der Waals surface area (Å²) in [5.74, 6) is 0. The Labute approximate surface area is 122 Å². The van der Waals surface area contributed by atoms with E-state index in [0.717, 1.165) is 9.75 Å². The maximum absolute atomic E-state index is 12.8. The molecule has 0 spiro atoms. The van der Waals surface area contributed by atoms with Gasteiger partial charge in [0.1, 0.15) is 0 Å². The summed E-state index contributed by atoms with van der Waals surface area (Å²) in [6, 6.07) is 3.19. The maximum Gasteiger partial charge on any atom is 0.401 e. The highest BCUT2D eigenvalue weighted by molar-refractivity contribution is 7.12. The Morgan fingerprint density at radius 2 is 1.95 bits per heavy atom. The van der Waals surface area contributed by atoms with Gasteiger partial charge >= 0.3 is 6.18 Å². The van der Waals surface area contributed by atoms with Crippen LogP contribution in [0.1, 0.15) is 42.5 Å². The predicted octanol–water partition coefficient (Wildman–Crippen LogP) is 4.11. The molecule has 2 unspecified atom stereocenters. The number of halogens is 3. The van der Waals surface area contributed by atoms with Crippen LogP contribution in [0.3, 0.4) is 0 Å². The lowest BCUT2D eigenvalue weighted by Crippen LogP contribution is -2.45. The standard InChI is InChI=1S/C14H23F3N2S/c1-4-8-19(9-14(15,16)17)13(11(18)5-2)12-7-6-10(3)20-12/h6-7,11,13H,4-5,8-9,18H2,1-3H3. The first-order valence-electron chi connectivity index (χ1n) is 6.91. The SMILES string of the molecule is CCCN(CC(F)(F)F)C(c1ccc(C)s1)C(N)CC. The smallest absolute Gasteiger partial charge is 0.326 e. The summed E-state index contributed by atoms with van der Waals surface area (Å²) in [5, 5.41) is 0. The van der Waals surface area contributed by atoms with E-state index in [-0.39, 0.29) is 12.1 Å². The third-order valence-electron chi connectivity index (χ3n) is 3.22. The first-order valence-corrected chi connectivity index (χ1v) is 7.72. The maximum atomic E-state index is 12.8. The molecule has 0 aromatic carbocycles. The summed E-state index contributed by atoms with van der Waals surface area (Å²) in [6.45, 7) is 5.25. The molecule has 0 aliphatic heterocycles. The molecule has 1 rings (SSSR count). The fraction of sp³-hybridized carbons (Fsp3) is 0.714. The summed E-state index contributed by atoms with van der Waals surface area (Å²) in [5.41, 5.74) is 6.11. The van der Waals surface area contributed by atoms with Gasteiger partial charge in [0.25, 0.3) is 0 Å². The third-order valence-corrected chi connectivity index (χ3v) is 4.29. The molecular weight excluding hydrogens is 285 g/mol.